The highest BCUT2D eigenvalue weighted by molar-refractivity contribution is 5.10. The summed E-state index contributed by atoms with van der Waals surface area (Å²) in [5, 5.41) is 9.60. The molecule has 2 aliphatic rings. The monoisotopic (exact) mass is 156 g/mol. The summed E-state index contributed by atoms with van der Waals surface area (Å²) in [7, 11) is 0. The van der Waals surface area contributed by atoms with E-state index in [9.17, 15) is 5.11 Å². The number of fused-ring (bicyclic) bond motifs is 1. The van der Waals surface area contributed by atoms with Crippen molar-refractivity contribution in [2.45, 2.75) is 51.4 Å². The topological polar surface area (TPSA) is 32.8 Å². The Balaban J connectivity index is 2.15. The molecule has 0 bridgehead atoms. The van der Waals surface area contributed by atoms with E-state index in [1.54, 1.807) is 0 Å². The van der Waals surface area contributed by atoms with Crippen molar-refractivity contribution in [2.24, 2.45) is 5.41 Å². The van der Waals surface area contributed by atoms with Crippen LogP contribution in [0.3, 0.4) is 0 Å². The van der Waals surface area contributed by atoms with Crippen molar-refractivity contribution in [2.75, 3.05) is 0 Å². The van der Waals surface area contributed by atoms with Crippen LogP contribution in [0.4, 0.5) is 0 Å². The Labute approximate surface area is 67.6 Å². The van der Waals surface area contributed by atoms with Crippen LogP contribution in [-0.4, -0.2) is 22.9 Å². The zero-order chi connectivity index (χ0) is 8.28. The Hall–Kier alpha value is -0.0800. The van der Waals surface area contributed by atoms with Crippen LogP contribution in [0.25, 0.3) is 0 Å². The molecule has 0 aromatic rings. The molecule has 0 amide bonds. The van der Waals surface area contributed by atoms with Gasteiger partial charge in [0.2, 0.25) is 0 Å². The summed E-state index contributed by atoms with van der Waals surface area (Å²) in [6, 6.07) is 0. The van der Waals surface area contributed by atoms with Crippen LogP contribution in [-0.2, 0) is 4.74 Å². The number of aliphatic hydroxyl groups excluding tert-OH is 1. The molecule has 1 saturated heterocycles. The molecule has 0 aromatic carbocycles. The molecular weight excluding hydrogens is 140 g/mol. The van der Waals surface area contributed by atoms with E-state index >= 15 is 0 Å². The van der Waals surface area contributed by atoms with E-state index < -0.39 is 0 Å². The fourth-order valence-electron chi connectivity index (χ4n) is 2.58. The summed E-state index contributed by atoms with van der Waals surface area (Å²) < 4.78 is 5.46. The zero-order valence-corrected chi connectivity index (χ0v) is 7.42. The van der Waals surface area contributed by atoms with Gasteiger partial charge in [-0.05, 0) is 25.2 Å². The normalized spacial score (nSPS) is 53.5. The van der Waals surface area contributed by atoms with Gasteiger partial charge in [-0.2, -0.15) is 0 Å². The van der Waals surface area contributed by atoms with Crippen LogP contribution in [0.2, 0.25) is 0 Å². The highest BCUT2D eigenvalue weighted by Gasteiger charge is 2.61. The van der Waals surface area contributed by atoms with Gasteiger partial charge < -0.3 is 9.84 Å². The molecule has 1 saturated carbocycles. The number of aliphatic hydroxyl groups is 1. The number of ether oxygens (including phenoxy) is 1. The summed E-state index contributed by atoms with van der Waals surface area (Å²) in [4.78, 5) is 0. The molecule has 1 N–H and O–H groups in total. The van der Waals surface area contributed by atoms with Crippen molar-refractivity contribution in [3.05, 3.63) is 0 Å². The highest BCUT2D eigenvalue weighted by atomic mass is 16.6. The van der Waals surface area contributed by atoms with Crippen molar-refractivity contribution in [3.63, 3.8) is 0 Å². The summed E-state index contributed by atoms with van der Waals surface area (Å²) in [5.74, 6) is 0. The first-order valence-electron chi connectivity index (χ1n) is 4.29. The molecule has 0 radical (unpaired) electrons. The molecule has 2 fully saturated rings. The summed E-state index contributed by atoms with van der Waals surface area (Å²) in [6.07, 6.45) is 1.87. The summed E-state index contributed by atoms with van der Waals surface area (Å²) in [5.41, 5.74) is 0.252. The maximum Gasteiger partial charge on any atom is 0.113 e. The van der Waals surface area contributed by atoms with E-state index in [0.29, 0.717) is 0 Å². The van der Waals surface area contributed by atoms with Gasteiger partial charge in [-0.3, -0.25) is 0 Å². The van der Waals surface area contributed by atoms with Crippen LogP contribution in [0.1, 0.15) is 33.6 Å². The van der Waals surface area contributed by atoms with E-state index in [-0.39, 0.29) is 23.2 Å². The Morgan fingerprint density at radius 1 is 1.36 bits per heavy atom. The number of epoxide rings is 1. The minimum absolute atomic E-state index is 0.00116. The van der Waals surface area contributed by atoms with Gasteiger partial charge in [0.05, 0.1) is 11.7 Å². The SMILES string of the molecule is CC1(C)C[C@@H](O)[C@H]2O[C@@]2(C)C1. The summed E-state index contributed by atoms with van der Waals surface area (Å²) in [6.45, 7) is 6.49. The fourth-order valence-corrected chi connectivity index (χ4v) is 2.58. The third-order valence-corrected chi connectivity index (χ3v) is 2.88. The second-order valence-electron chi connectivity index (χ2n) is 4.96. The minimum Gasteiger partial charge on any atom is -0.390 e. The third kappa shape index (κ3) is 1.09. The van der Waals surface area contributed by atoms with Crippen LogP contribution in [0, 0.1) is 5.41 Å². The molecule has 3 atom stereocenters. The molecule has 0 unspecified atom stereocenters. The van der Waals surface area contributed by atoms with Gasteiger partial charge in [0.25, 0.3) is 0 Å². The number of rotatable bonds is 0. The third-order valence-electron chi connectivity index (χ3n) is 2.88. The maximum absolute atomic E-state index is 9.60. The molecule has 2 nitrogen and oxygen atoms in total. The predicted octanol–water partition coefficient (Wildman–Crippen LogP) is 1.32. The molecule has 2 heteroatoms. The molecule has 1 aliphatic carbocycles. The Bertz CT molecular complexity index is 185. The predicted molar refractivity (Wildman–Crippen MR) is 42.3 cm³/mol. The number of hydrogen-bond donors (Lipinski definition) is 1. The lowest BCUT2D eigenvalue weighted by atomic mass is 9.71. The average molecular weight is 156 g/mol. The van der Waals surface area contributed by atoms with Gasteiger partial charge in [0, 0.05) is 0 Å². The Kier molecular flexibility index (Phi) is 1.24. The van der Waals surface area contributed by atoms with Gasteiger partial charge in [0.1, 0.15) is 6.10 Å². The molecule has 1 heterocycles. The summed E-state index contributed by atoms with van der Waals surface area (Å²) >= 11 is 0. The molecular formula is C9H16O2. The highest BCUT2D eigenvalue weighted by Crippen LogP contribution is 2.53. The van der Waals surface area contributed by atoms with Crippen molar-refractivity contribution in [3.8, 4) is 0 Å². The fraction of sp³-hybridized carbons (Fsp3) is 1.00. The lowest BCUT2D eigenvalue weighted by Gasteiger charge is -2.33. The molecule has 2 rings (SSSR count). The Morgan fingerprint density at radius 2 is 2.00 bits per heavy atom. The maximum atomic E-state index is 9.60. The van der Waals surface area contributed by atoms with Crippen molar-refractivity contribution < 1.29 is 9.84 Å². The first-order valence-corrected chi connectivity index (χ1v) is 4.29. The van der Waals surface area contributed by atoms with E-state index in [1.165, 1.54) is 0 Å². The smallest absolute Gasteiger partial charge is 0.113 e. The Morgan fingerprint density at radius 3 is 2.55 bits per heavy atom. The number of hydrogen-bond acceptors (Lipinski definition) is 2. The molecule has 1 aliphatic heterocycles. The minimum atomic E-state index is -0.233. The lowest BCUT2D eigenvalue weighted by molar-refractivity contribution is 0.0705. The molecule has 0 aromatic heterocycles. The average Bonchev–Trinajstić information content (AvgIpc) is 2.36. The van der Waals surface area contributed by atoms with Gasteiger partial charge in [-0.1, -0.05) is 13.8 Å². The van der Waals surface area contributed by atoms with Crippen molar-refractivity contribution in [1.29, 1.82) is 0 Å². The van der Waals surface area contributed by atoms with Gasteiger partial charge in [-0.15, -0.1) is 0 Å². The standard InChI is InChI=1S/C9H16O2/c1-8(2)4-6(10)7-9(3,5-8)11-7/h6-7,10H,4-5H2,1-3H3/t6-,7-,9+/m1/s1. The van der Waals surface area contributed by atoms with Crippen LogP contribution in [0.5, 0.6) is 0 Å². The molecule has 64 valence electrons. The van der Waals surface area contributed by atoms with Crippen LogP contribution in [0.15, 0.2) is 0 Å². The quantitative estimate of drug-likeness (QED) is 0.537. The van der Waals surface area contributed by atoms with Gasteiger partial charge in [0.15, 0.2) is 0 Å². The first-order chi connectivity index (χ1) is 4.93. The van der Waals surface area contributed by atoms with Crippen molar-refractivity contribution in [1.82, 2.24) is 0 Å². The van der Waals surface area contributed by atoms with E-state index in [2.05, 4.69) is 20.8 Å². The largest absolute Gasteiger partial charge is 0.390 e. The van der Waals surface area contributed by atoms with Crippen LogP contribution < -0.4 is 0 Å². The second-order valence-corrected chi connectivity index (χ2v) is 4.96. The van der Waals surface area contributed by atoms with Crippen LogP contribution >= 0.6 is 0 Å². The zero-order valence-electron chi connectivity index (χ0n) is 7.42. The first kappa shape index (κ1) is 7.56. The van der Waals surface area contributed by atoms with Crippen molar-refractivity contribution >= 4 is 0 Å². The lowest BCUT2D eigenvalue weighted by Crippen LogP contribution is -2.37. The van der Waals surface area contributed by atoms with E-state index in [0.717, 1.165) is 12.8 Å². The van der Waals surface area contributed by atoms with E-state index in [4.69, 9.17) is 4.74 Å². The molecule has 0 spiro atoms. The second kappa shape index (κ2) is 1.80. The van der Waals surface area contributed by atoms with E-state index in [1.807, 2.05) is 0 Å². The van der Waals surface area contributed by atoms with Gasteiger partial charge in [-0.25, -0.2) is 0 Å². The molecule has 11 heavy (non-hydrogen) atoms. The van der Waals surface area contributed by atoms with Gasteiger partial charge >= 0.3 is 0 Å².